The van der Waals surface area contributed by atoms with Crippen LogP contribution in [0.4, 0.5) is 5.69 Å². The van der Waals surface area contributed by atoms with Crippen LogP contribution in [0.25, 0.3) is 0 Å². The van der Waals surface area contributed by atoms with Crippen molar-refractivity contribution in [2.45, 2.75) is 16.7 Å². The quantitative estimate of drug-likeness (QED) is 0.540. The third-order valence-corrected chi connectivity index (χ3v) is 4.47. The average Bonchev–Trinajstić information content (AvgIpc) is 2.25. The Bertz CT molecular complexity index is 488. The first-order valence-electron chi connectivity index (χ1n) is 5.00. The minimum atomic E-state index is -3.71. The fourth-order valence-electron chi connectivity index (χ4n) is 1.12. The van der Waals surface area contributed by atoms with Crippen molar-refractivity contribution in [1.29, 1.82) is 0 Å². The van der Waals surface area contributed by atoms with Gasteiger partial charge in [-0.3, -0.25) is 0 Å². The number of nitrogens with two attached hydrogens (primary N) is 2. The molecule has 1 rings (SSSR count). The minimum Gasteiger partial charge on any atom is -0.398 e. The summed E-state index contributed by atoms with van der Waals surface area (Å²) in [6.07, 6.45) is 0. The number of thioether (sulfide) groups is 1. The summed E-state index contributed by atoms with van der Waals surface area (Å²) in [5.74, 6) is 0.882. The van der Waals surface area contributed by atoms with Crippen molar-refractivity contribution in [3.05, 3.63) is 18.2 Å². The van der Waals surface area contributed by atoms with Crippen molar-refractivity contribution in [3.63, 3.8) is 0 Å². The van der Waals surface area contributed by atoms with E-state index in [2.05, 4.69) is 0 Å². The summed E-state index contributed by atoms with van der Waals surface area (Å²) in [5, 5.41) is 13.9. The number of benzene rings is 1. The van der Waals surface area contributed by atoms with Crippen LogP contribution in [0.15, 0.2) is 28.0 Å². The SMILES string of the molecule is CC(CO)CSc1ccc(S(N)(=O)=O)cc1N. The summed E-state index contributed by atoms with van der Waals surface area (Å²) in [6.45, 7) is 2.03. The summed E-state index contributed by atoms with van der Waals surface area (Å²) in [6, 6.07) is 4.41. The highest BCUT2D eigenvalue weighted by molar-refractivity contribution is 7.99. The van der Waals surface area contributed by atoms with E-state index in [1.54, 1.807) is 6.07 Å². The molecule has 0 saturated carbocycles. The van der Waals surface area contributed by atoms with Gasteiger partial charge < -0.3 is 10.8 Å². The third-order valence-electron chi connectivity index (χ3n) is 2.14. The average molecular weight is 276 g/mol. The first kappa shape index (κ1) is 14.3. The van der Waals surface area contributed by atoms with Crippen molar-refractivity contribution in [3.8, 4) is 0 Å². The number of rotatable bonds is 5. The Morgan fingerprint density at radius 1 is 1.47 bits per heavy atom. The zero-order chi connectivity index (χ0) is 13.1. The van der Waals surface area contributed by atoms with Crippen molar-refractivity contribution < 1.29 is 13.5 Å². The molecule has 1 aromatic rings. The van der Waals surface area contributed by atoms with Crippen LogP contribution in [0.5, 0.6) is 0 Å². The van der Waals surface area contributed by atoms with E-state index in [0.29, 0.717) is 5.69 Å². The van der Waals surface area contributed by atoms with E-state index in [9.17, 15) is 8.42 Å². The summed E-state index contributed by atoms with van der Waals surface area (Å²) < 4.78 is 22.2. The van der Waals surface area contributed by atoms with Gasteiger partial charge in [0.25, 0.3) is 0 Å². The van der Waals surface area contributed by atoms with Crippen molar-refractivity contribution in [2.24, 2.45) is 11.1 Å². The van der Waals surface area contributed by atoms with E-state index in [-0.39, 0.29) is 17.4 Å². The summed E-state index contributed by atoms with van der Waals surface area (Å²) in [4.78, 5) is 0.798. The molecule has 96 valence electrons. The van der Waals surface area contributed by atoms with E-state index in [4.69, 9.17) is 16.0 Å². The van der Waals surface area contributed by atoms with Gasteiger partial charge in [0.2, 0.25) is 10.0 Å². The molecule has 0 heterocycles. The van der Waals surface area contributed by atoms with Crippen LogP contribution < -0.4 is 10.9 Å². The highest BCUT2D eigenvalue weighted by Gasteiger charge is 2.11. The van der Waals surface area contributed by atoms with Crippen LogP contribution in [0.1, 0.15) is 6.92 Å². The van der Waals surface area contributed by atoms with Crippen molar-refractivity contribution in [1.82, 2.24) is 0 Å². The normalized spacial score (nSPS) is 13.6. The molecule has 0 spiro atoms. The number of aliphatic hydroxyl groups excluding tert-OH is 1. The maximum absolute atomic E-state index is 11.1. The second-order valence-electron chi connectivity index (χ2n) is 3.84. The highest BCUT2D eigenvalue weighted by Crippen LogP contribution is 2.28. The molecule has 5 nitrogen and oxygen atoms in total. The molecule has 7 heteroatoms. The molecule has 1 atom stereocenters. The predicted octanol–water partition coefficient (Wildman–Crippen LogP) is 0.637. The Labute approximate surface area is 105 Å². The maximum Gasteiger partial charge on any atom is 0.238 e. The lowest BCUT2D eigenvalue weighted by Crippen LogP contribution is -2.12. The van der Waals surface area contributed by atoms with Crippen LogP contribution >= 0.6 is 11.8 Å². The fraction of sp³-hybridized carbons (Fsp3) is 0.400. The Hall–Kier alpha value is -0.760. The molecule has 0 aromatic heterocycles. The zero-order valence-corrected chi connectivity index (χ0v) is 11.1. The lowest BCUT2D eigenvalue weighted by atomic mass is 10.2. The first-order valence-corrected chi connectivity index (χ1v) is 7.53. The summed E-state index contributed by atoms with van der Waals surface area (Å²) in [7, 11) is -3.71. The van der Waals surface area contributed by atoms with Crippen LogP contribution in [0.2, 0.25) is 0 Å². The lowest BCUT2D eigenvalue weighted by molar-refractivity contribution is 0.250. The van der Waals surface area contributed by atoms with E-state index in [1.807, 2.05) is 6.92 Å². The minimum absolute atomic E-state index is 0.00885. The molecule has 0 amide bonds. The fourth-order valence-corrected chi connectivity index (χ4v) is 2.63. The molecule has 0 saturated heterocycles. The first-order chi connectivity index (χ1) is 7.84. The number of aliphatic hydroxyl groups is 1. The largest absolute Gasteiger partial charge is 0.398 e. The number of hydrogen-bond donors (Lipinski definition) is 3. The van der Waals surface area contributed by atoms with Gasteiger partial charge in [-0.25, -0.2) is 13.6 Å². The van der Waals surface area contributed by atoms with Gasteiger partial charge in [0.05, 0.1) is 4.90 Å². The molecular formula is C10H16N2O3S2. The molecule has 5 N–H and O–H groups in total. The van der Waals surface area contributed by atoms with Gasteiger partial charge in [0, 0.05) is 22.9 Å². The molecule has 1 aromatic carbocycles. The van der Waals surface area contributed by atoms with Crippen LogP contribution in [-0.4, -0.2) is 25.9 Å². The molecule has 0 fully saturated rings. The molecular weight excluding hydrogens is 260 g/mol. The van der Waals surface area contributed by atoms with Crippen LogP contribution in [0, 0.1) is 5.92 Å². The Morgan fingerprint density at radius 3 is 2.59 bits per heavy atom. The predicted molar refractivity (Wildman–Crippen MR) is 69.2 cm³/mol. The second-order valence-corrected chi connectivity index (χ2v) is 6.47. The van der Waals surface area contributed by atoms with E-state index < -0.39 is 10.0 Å². The van der Waals surface area contributed by atoms with Gasteiger partial charge in [0.15, 0.2) is 0 Å². The van der Waals surface area contributed by atoms with Gasteiger partial charge >= 0.3 is 0 Å². The van der Waals surface area contributed by atoms with E-state index in [1.165, 1.54) is 23.9 Å². The van der Waals surface area contributed by atoms with Crippen LogP contribution in [0.3, 0.4) is 0 Å². The standard InChI is InChI=1S/C10H16N2O3S2/c1-7(5-13)6-16-10-3-2-8(4-9(10)11)17(12,14)15/h2-4,7,13H,5-6,11H2,1H3,(H2,12,14,15). The molecule has 0 aliphatic carbocycles. The molecule has 17 heavy (non-hydrogen) atoms. The van der Waals surface area contributed by atoms with Gasteiger partial charge in [-0.05, 0) is 24.1 Å². The lowest BCUT2D eigenvalue weighted by Gasteiger charge is -2.10. The number of nitrogen functional groups attached to an aromatic ring is 1. The molecule has 0 bridgehead atoms. The third kappa shape index (κ3) is 4.19. The van der Waals surface area contributed by atoms with Gasteiger partial charge in [-0.1, -0.05) is 6.92 Å². The summed E-state index contributed by atoms with van der Waals surface area (Å²) in [5.41, 5.74) is 6.12. The molecule has 0 aliphatic rings. The highest BCUT2D eigenvalue weighted by atomic mass is 32.2. The second kappa shape index (κ2) is 5.72. The monoisotopic (exact) mass is 276 g/mol. The van der Waals surface area contributed by atoms with E-state index >= 15 is 0 Å². The van der Waals surface area contributed by atoms with E-state index in [0.717, 1.165) is 10.6 Å². The Morgan fingerprint density at radius 2 is 2.12 bits per heavy atom. The number of anilines is 1. The topological polar surface area (TPSA) is 106 Å². The number of sulfonamides is 1. The summed E-state index contributed by atoms with van der Waals surface area (Å²) >= 11 is 1.48. The molecule has 0 radical (unpaired) electrons. The maximum atomic E-state index is 11.1. The Kier molecular flexibility index (Phi) is 4.81. The van der Waals surface area contributed by atoms with Gasteiger partial charge in [0.1, 0.15) is 0 Å². The van der Waals surface area contributed by atoms with Crippen LogP contribution in [-0.2, 0) is 10.0 Å². The number of hydrogen-bond acceptors (Lipinski definition) is 5. The smallest absolute Gasteiger partial charge is 0.238 e. The Balaban J connectivity index is 2.84. The van der Waals surface area contributed by atoms with Gasteiger partial charge in [-0.2, -0.15) is 0 Å². The number of primary sulfonamides is 1. The molecule has 0 aliphatic heterocycles. The van der Waals surface area contributed by atoms with Crippen molar-refractivity contribution in [2.75, 3.05) is 18.1 Å². The van der Waals surface area contributed by atoms with Gasteiger partial charge in [-0.15, -0.1) is 11.8 Å². The molecule has 1 unspecified atom stereocenters. The van der Waals surface area contributed by atoms with Crippen molar-refractivity contribution >= 4 is 27.5 Å². The zero-order valence-electron chi connectivity index (χ0n) is 9.46.